The van der Waals surface area contributed by atoms with Crippen LogP contribution in [0.25, 0.3) is 21.6 Å². The van der Waals surface area contributed by atoms with Gasteiger partial charge in [0.2, 0.25) is 0 Å². The number of rotatable bonds is 4. The van der Waals surface area contributed by atoms with E-state index >= 15 is 0 Å². The highest BCUT2D eigenvalue weighted by molar-refractivity contribution is 7.90. The van der Waals surface area contributed by atoms with Crippen LogP contribution in [0, 0.1) is 17.1 Å². The number of nitrogens with zero attached hydrogens (tertiary/aromatic N) is 1. The van der Waals surface area contributed by atoms with Crippen LogP contribution in [0.3, 0.4) is 0 Å². The van der Waals surface area contributed by atoms with E-state index < -0.39 is 9.84 Å². The Balaban J connectivity index is 2.11. The fraction of sp³-hybridized carbons (Fsp3) is 0.105. The van der Waals surface area contributed by atoms with E-state index in [9.17, 15) is 12.8 Å². The number of halogens is 1. The van der Waals surface area contributed by atoms with Crippen LogP contribution in [0.5, 0.6) is 0 Å². The molecule has 3 aromatic rings. The van der Waals surface area contributed by atoms with E-state index in [4.69, 9.17) is 5.26 Å². The third-order valence-electron chi connectivity index (χ3n) is 3.74. The molecule has 126 valence electrons. The Morgan fingerprint density at radius 3 is 2.20 bits per heavy atom. The third kappa shape index (κ3) is 3.78. The molecule has 0 spiro atoms. The largest absolute Gasteiger partial charge is 0.224 e. The lowest BCUT2D eigenvalue weighted by Crippen LogP contribution is -1.96. The summed E-state index contributed by atoms with van der Waals surface area (Å²) < 4.78 is 36.5. The normalized spacial score (nSPS) is 11.2. The summed E-state index contributed by atoms with van der Waals surface area (Å²) in [5, 5.41) is 8.96. The molecule has 2 aromatic carbocycles. The average molecular weight is 371 g/mol. The Kier molecular flexibility index (Phi) is 4.71. The van der Waals surface area contributed by atoms with Crippen molar-refractivity contribution in [3.05, 3.63) is 65.3 Å². The Hall–Kier alpha value is -2.49. The second-order valence-corrected chi connectivity index (χ2v) is 8.75. The lowest BCUT2D eigenvalue weighted by molar-refractivity contribution is 0.602. The molecule has 3 rings (SSSR count). The molecule has 0 saturated carbocycles. The highest BCUT2D eigenvalue weighted by atomic mass is 32.2. The molecule has 0 aliphatic heterocycles. The van der Waals surface area contributed by atoms with E-state index in [0.29, 0.717) is 6.42 Å². The van der Waals surface area contributed by atoms with Crippen molar-refractivity contribution in [2.75, 3.05) is 6.26 Å². The number of thiophene rings is 1. The molecule has 0 aliphatic carbocycles. The lowest BCUT2D eigenvalue weighted by Gasteiger charge is -2.06. The van der Waals surface area contributed by atoms with E-state index in [2.05, 4.69) is 6.07 Å². The van der Waals surface area contributed by atoms with Crippen molar-refractivity contribution >= 4 is 21.2 Å². The van der Waals surface area contributed by atoms with Gasteiger partial charge in [0.1, 0.15) is 5.82 Å². The maximum absolute atomic E-state index is 13.2. The zero-order chi connectivity index (χ0) is 18.0. The Labute approximate surface area is 149 Å². The summed E-state index contributed by atoms with van der Waals surface area (Å²) in [5.74, 6) is -0.309. The second kappa shape index (κ2) is 6.79. The molecule has 6 heteroatoms. The van der Waals surface area contributed by atoms with Gasteiger partial charge in [0.05, 0.1) is 17.4 Å². The van der Waals surface area contributed by atoms with Crippen LogP contribution >= 0.6 is 11.3 Å². The second-order valence-electron chi connectivity index (χ2n) is 5.59. The van der Waals surface area contributed by atoms with E-state index in [1.165, 1.54) is 29.7 Å². The SMILES string of the molecule is CS(=O)(=O)c1ccc(-c2cc(CC#N)sc2-c2ccc(F)cc2)cc1. The minimum Gasteiger partial charge on any atom is -0.224 e. The molecule has 0 bridgehead atoms. The van der Waals surface area contributed by atoms with Crippen LogP contribution < -0.4 is 0 Å². The molecular weight excluding hydrogens is 357 g/mol. The molecule has 1 heterocycles. The fourth-order valence-electron chi connectivity index (χ4n) is 2.52. The molecule has 0 fully saturated rings. The van der Waals surface area contributed by atoms with Gasteiger partial charge in [-0.15, -0.1) is 11.3 Å². The quantitative estimate of drug-likeness (QED) is 0.668. The minimum absolute atomic E-state index is 0.257. The Morgan fingerprint density at radius 2 is 1.64 bits per heavy atom. The number of nitriles is 1. The van der Waals surface area contributed by atoms with E-state index in [-0.39, 0.29) is 10.7 Å². The number of benzene rings is 2. The zero-order valence-corrected chi connectivity index (χ0v) is 15.0. The van der Waals surface area contributed by atoms with Gasteiger partial charge in [0.25, 0.3) is 0 Å². The first kappa shape index (κ1) is 17.3. The van der Waals surface area contributed by atoms with Crippen molar-refractivity contribution in [3.63, 3.8) is 0 Å². The third-order valence-corrected chi connectivity index (χ3v) is 6.05. The van der Waals surface area contributed by atoms with Crippen LogP contribution in [0.1, 0.15) is 4.88 Å². The summed E-state index contributed by atoms with van der Waals surface area (Å²) in [7, 11) is -3.25. The highest BCUT2D eigenvalue weighted by Gasteiger charge is 2.14. The molecular formula is C19H14FNO2S2. The van der Waals surface area contributed by atoms with Crippen molar-refractivity contribution in [2.45, 2.75) is 11.3 Å². The van der Waals surface area contributed by atoms with Crippen LogP contribution in [0.4, 0.5) is 4.39 Å². The lowest BCUT2D eigenvalue weighted by atomic mass is 10.0. The van der Waals surface area contributed by atoms with Crippen molar-refractivity contribution in [1.82, 2.24) is 0 Å². The fourth-order valence-corrected chi connectivity index (χ4v) is 4.27. The molecule has 0 saturated heterocycles. The molecule has 0 radical (unpaired) electrons. The smallest absolute Gasteiger partial charge is 0.175 e. The minimum atomic E-state index is -3.25. The van der Waals surface area contributed by atoms with Gasteiger partial charge in [-0.1, -0.05) is 24.3 Å². The Bertz CT molecular complexity index is 1040. The maximum Gasteiger partial charge on any atom is 0.175 e. The zero-order valence-electron chi connectivity index (χ0n) is 13.4. The van der Waals surface area contributed by atoms with Gasteiger partial charge in [-0.25, -0.2) is 12.8 Å². The molecule has 1 aromatic heterocycles. The number of hydrogen-bond donors (Lipinski definition) is 0. The highest BCUT2D eigenvalue weighted by Crippen LogP contribution is 2.39. The van der Waals surface area contributed by atoms with Gasteiger partial charge >= 0.3 is 0 Å². The van der Waals surface area contributed by atoms with Gasteiger partial charge in [-0.05, 0) is 41.5 Å². The molecule has 25 heavy (non-hydrogen) atoms. The van der Waals surface area contributed by atoms with Gasteiger partial charge in [0, 0.05) is 21.6 Å². The average Bonchev–Trinajstić information content (AvgIpc) is 2.99. The first-order valence-electron chi connectivity index (χ1n) is 7.44. The summed E-state index contributed by atoms with van der Waals surface area (Å²) in [6, 6.07) is 16.9. The van der Waals surface area contributed by atoms with Gasteiger partial charge in [-0.3, -0.25) is 0 Å². The van der Waals surface area contributed by atoms with Crippen molar-refractivity contribution in [1.29, 1.82) is 5.26 Å². The summed E-state index contributed by atoms with van der Waals surface area (Å²) in [6.07, 6.45) is 1.46. The number of hydrogen-bond acceptors (Lipinski definition) is 4. The standard InChI is InChI=1S/C19H14FNO2S2/c1-25(22,23)17-8-4-13(5-9-17)18-12-16(10-11-21)24-19(18)14-2-6-15(20)7-3-14/h2-9,12H,10H2,1H3. The summed E-state index contributed by atoms with van der Waals surface area (Å²) in [6.45, 7) is 0. The van der Waals surface area contributed by atoms with Crippen molar-refractivity contribution in [3.8, 4) is 27.6 Å². The van der Waals surface area contributed by atoms with Crippen molar-refractivity contribution < 1.29 is 12.8 Å². The maximum atomic E-state index is 13.2. The van der Waals surface area contributed by atoms with Gasteiger partial charge in [0.15, 0.2) is 9.84 Å². The molecule has 0 unspecified atom stereocenters. The van der Waals surface area contributed by atoms with E-state index in [0.717, 1.165) is 26.4 Å². The Morgan fingerprint density at radius 1 is 1.04 bits per heavy atom. The van der Waals surface area contributed by atoms with Crippen LogP contribution in [0.2, 0.25) is 0 Å². The van der Waals surface area contributed by atoms with Crippen LogP contribution in [-0.2, 0) is 16.3 Å². The number of sulfone groups is 1. The summed E-state index contributed by atoms with van der Waals surface area (Å²) >= 11 is 1.48. The first-order chi connectivity index (χ1) is 11.9. The predicted octanol–water partition coefficient (Wildman–Crippen LogP) is 4.69. The van der Waals surface area contributed by atoms with E-state index in [1.54, 1.807) is 36.4 Å². The van der Waals surface area contributed by atoms with Gasteiger partial charge < -0.3 is 0 Å². The molecule has 0 amide bonds. The topological polar surface area (TPSA) is 57.9 Å². The molecule has 0 aliphatic rings. The predicted molar refractivity (Wildman–Crippen MR) is 97.6 cm³/mol. The molecule has 0 N–H and O–H groups in total. The van der Waals surface area contributed by atoms with Crippen LogP contribution in [-0.4, -0.2) is 14.7 Å². The van der Waals surface area contributed by atoms with Crippen LogP contribution in [0.15, 0.2) is 59.5 Å². The van der Waals surface area contributed by atoms with Crippen molar-refractivity contribution in [2.24, 2.45) is 0 Å². The monoisotopic (exact) mass is 371 g/mol. The summed E-state index contributed by atoms with van der Waals surface area (Å²) in [4.78, 5) is 2.09. The molecule has 3 nitrogen and oxygen atoms in total. The first-order valence-corrected chi connectivity index (χ1v) is 10.2. The van der Waals surface area contributed by atoms with E-state index in [1.807, 2.05) is 6.07 Å². The van der Waals surface area contributed by atoms with Gasteiger partial charge in [-0.2, -0.15) is 5.26 Å². The molecule has 0 atom stereocenters. The summed E-state index contributed by atoms with van der Waals surface area (Å²) in [5.41, 5.74) is 2.62.